The Kier molecular flexibility index (Phi) is 4.40. The van der Waals surface area contributed by atoms with Crippen molar-refractivity contribution in [2.75, 3.05) is 5.32 Å². The summed E-state index contributed by atoms with van der Waals surface area (Å²) in [6.45, 7) is 8.12. The second kappa shape index (κ2) is 6.10. The lowest BCUT2D eigenvalue weighted by atomic mass is 9.86. The molecule has 0 atom stereocenters. The fourth-order valence-electron chi connectivity index (χ4n) is 2.03. The molecule has 4 nitrogen and oxygen atoms in total. The Hall–Kier alpha value is -2.49. The zero-order chi connectivity index (χ0) is 16.3. The third-order valence-corrected chi connectivity index (χ3v) is 3.46. The molecule has 1 aromatic heterocycles. The van der Waals surface area contributed by atoms with E-state index < -0.39 is 11.7 Å². The smallest absolute Gasteiger partial charge is 0.297 e. The van der Waals surface area contributed by atoms with Gasteiger partial charge in [0.25, 0.3) is 11.7 Å². The van der Waals surface area contributed by atoms with Crippen LogP contribution in [0.15, 0.2) is 42.6 Å². The van der Waals surface area contributed by atoms with E-state index in [-0.39, 0.29) is 5.41 Å². The molecule has 1 heterocycles. The van der Waals surface area contributed by atoms with Gasteiger partial charge in [-0.15, -0.1) is 0 Å². The molecule has 0 bridgehead atoms. The first-order valence-corrected chi connectivity index (χ1v) is 7.17. The Bertz CT molecular complexity index is 698. The van der Waals surface area contributed by atoms with Gasteiger partial charge in [-0.25, -0.2) is 4.98 Å². The molecule has 114 valence electrons. The van der Waals surface area contributed by atoms with Crippen LogP contribution in [0, 0.1) is 6.92 Å². The van der Waals surface area contributed by atoms with Crippen LogP contribution in [0.1, 0.15) is 42.3 Å². The molecule has 0 saturated heterocycles. The highest BCUT2D eigenvalue weighted by Gasteiger charge is 2.19. The Balaban J connectivity index is 2.14. The summed E-state index contributed by atoms with van der Waals surface area (Å²) in [5.41, 5.74) is 2.31. The number of carbonyl (C=O) groups excluding carboxylic acids is 2. The van der Waals surface area contributed by atoms with Crippen LogP contribution in [0.3, 0.4) is 0 Å². The molecule has 0 radical (unpaired) electrons. The monoisotopic (exact) mass is 296 g/mol. The van der Waals surface area contributed by atoms with Crippen molar-refractivity contribution in [1.29, 1.82) is 0 Å². The molecule has 1 N–H and O–H groups in total. The molecule has 0 fully saturated rings. The van der Waals surface area contributed by atoms with Gasteiger partial charge < -0.3 is 5.32 Å². The summed E-state index contributed by atoms with van der Waals surface area (Å²) in [5.74, 6) is -0.831. The van der Waals surface area contributed by atoms with E-state index in [1.54, 1.807) is 24.4 Å². The third-order valence-electron chi connectivity index (χ3n) is 3.46. The molecular formula is C18H20N2O2. The minimum atomic E-state index is -0.676. The summed E-state index contributed by atoms with van der Waals surface area (Å²) in [5, 5.41) is 2.55. The number of amides is 1. The van der Waals surface area contributed by atoms with Crippen molar-refractivity contribution < 1.29 is 9.59 Å². The predicted molar refractivity (Wildman–Crippen MR) is 87.1 cm³/mol. The number of hydrogen-bond donors (Lipinski definition) is 1. The van der Waals surface area contributed by atoms with Gasteiger partial charge in [0.1, 0.15) is 5.82 Å². The van der Waals surface area contributed by atoms with Crippen LogP contribution in [0.5, 0.6) is 0 Å². The molecule has 1 aromatic carbocycles. The summed E-state index contributed by atoms with van der Waals surface area (Å²) in [6.07, 6.45) is 1.57. The topological polar surface area (TPSA) is 59.1 Å². The van der Waals surface area contributed by atoms with E-state index in [0.717, 1.165) is 11.1 Å². The number of carbonyl (C=O) groups is 2. The number of benzene rings is 1. The van der Waals surface area contributed by atoms with Gasteiger partial charge in [-0.1, -0.05) is 51.1 Å². The maximum atomic E-state index is 12.2. The molecule has 4 heteroatoms. The standard InChI is InChI=1S/C18H20N2O2/c1-12-6-5-11-19-16(12)20-17(22)15(21)13-7-9-14(10-8-13)18(2,3)4/h5-11H,1-4H3,(H,19,20,22). The van der Waals surface area contributed by atoms with Crippen molar-refractivity contribution in [3.8, 4) is 0 Å². The van der Waals surface area contributed by atoms with Crippen molar-refractivity contribution >= 4 is 17.5 Å². The van der Waals surface area contributed by atoms with E-state index in [9.17, 15) is 9.59 Å². The van der Waals surface area contributed by atoms with Gasteiger partial charge in [-0.2, -0.15) is 0 Å². The fourth-order valence-corrected chi connectivity index (χ4v) is 2.03. The van der Waals surface area contributed by atoms with Crippen molar-refractivity contribution in [2.45, 2.75) is 33.1 Å². The summed E-state index contributed by atoms with van der Waals surface area (Å²) in [7, 11) is 0. The number of anilines is 1. The van der Waals surface area contributed by atoms with Crippen LogP contribution in [-0.2, 0) is 10.2 Å². The number of ketones is 1. The second-order valence-corrected chi connectivity index (χ2v) is 6.28. The fraction of sp³-hybridized carbons (Fsp3) is 0.278. The number of nitrogens with one attached hydrogen (secondary N) is 1. The molecule has 0 spiro atoms. The van der Waals surface area contributed by atoms with Gasteiger partial charge in [0.05, 0.1) is 0 Å². The summed E-state index contributed by atoms with van der Waals surface area (Å²) in [4.78, 5) is 28.3. The average molecular weight is 296 g/mol. The lowest BCUT2D eigenvalue weighted by molar-refractivity contribution is -0.112. The first-order chi connectivity index (χ1) is 10.3. The quantitative estimate of drug-likeness (QED) is 0.696. The van der Waals surface area contributed by atoms with Crippen LogP contribution in [0.2, 0.25) is 0 Å². The maximum absolute atomic E-state index is 12.2. The Morgan fingerprint density at radius 2 is 1.68 bits per heavy atom. The lowest BCUT2D eigenvalue weighted by Gasteiger charge is -2.18. The SMILES string of the molecule is Cc1cccnc1NC(=O)C(=O)c1ccc(C(C)(C)C)cc1. The highest BCUT2D eigenvalue weighted by Crippen LogP contribution is 2.22. The van der Waals surface area contributed by atoms with Gasteiger partial charge in [-0.3, -0.25) is 9.59 Å². The molecule has 22 heavy (non-hydrogen) atoms. The largest absolute Gasteiger partial charge is 0.303 e. The molecule has 0 aliphatic heterocycles. The van der Waals surface area contributed by atoms with Crippen LogP contribution >= 0.6 is 0 Å². The zero-order valence-electron chi connectivity index (χ0n) is 13.3. The van der Waals surface area contributed by atoms with Crippen LogP contribution in [-0.4, -0.2) is 16.7 Å². The summed E-state index contributed by atoms with van der Waals surface area (Å²) < 4.78 is 0. The van der Waals surface area contributed by atoms with E-state index in [4.69, 9.17) is 0 Å². The molecule has 0 unspecified atom stereocenters. The zero-order valence-corrected chi connectivity index (χ0v) is 13.3. The molecule has 0 aliphatic carbocycles. The number of aryl methyl sites for hydroxylation is 1. The molecule has 2 aromatic rings. The molecule has 1 amide bonds. The van der Waals surface area contributed by atoms with E-state index in [0.29, 0.717) is 11.4 Å². The first kappa shape index (κ1) is 15.9. The predicted octanol–water partition coefficient (Wildman–Crippen LogP) is 3.51. The highest BCUT2D eigenvalue weighted by molar-refractivity contribution is 6.46. The number of aromatic nitrogens is 1. The van der Waals surface area contributed by atoms with Gasteiger partial charge in [0.15, 0.2) is 0 Å². The molecule has 0 aliphatic rings. The van der Waals surface area contributed by atoms with Gasteiger partial charge >= 0.3 is 0 Å². The number of hydrogen-bond acceptors (Lipinski definition) is 3. The average Bonchev–Trinajstić information content (AvgIpc) is 2.48. The van der Waals surface area contributed by atoms with Crippen molar-refractivity contribution in [2.24, 2.45) is 0 Å². The Morgan fingerprint density at radius 1 is 1.05 bits per heavy atom. The highest BCUT2D eigenvalue weighted by atomic mass is 16.2. The van der Waals surface area contributed by atoms with E-state index in [1.165, 1.54) is 0 Å². The lowest BCUT2D eigenvalue weighted by Crippen LogP contribution is -2.24. The maximum Gasteiger partial charge on any atom is 0.297 e. The van der Waals surface area contributed by atoms with Gasteiger partial charge in [0.2, 0.25) is 0 Å². The molecule has 0 saturated carbocycles. The number of nitrogens with zero attached hydrogens (tertiary/aromatic N) is 1. The van der Waals surface area contributed by atoms with Crippen LogP contribution in [0.25, 0.3) is 0 Å². The van der Waals surface area contributed by atoms with E-state index in [2.05, 4.69) is 31.1 Å². The summed E-state index contributed by atoms with van der Waals surface area (Å²) in [6, 6.07) is 10.7. The third kappa shape index (κ3) is 3.58. The second-order valence-electron chi connectivity index (χ2n) is 6.28. The van der Waals surface area contributed by atoms with E-state index >= 15 is 0 Å². The summed E-state index contributed by atoms with van der Waals surface area (Å²) >= 11 is 0. The Labute approximate surface area is 130 Å². The van der Waals surface area contributed by atoms with Crippen molar-refractivity contribution in [1.82, 2.24) is 4.98 Å². The minimum Gasteiger partial charge on any atom is -0.303 e. The normalized spacial score (nSPS) is 11.1. The minimum absolute atomic E-state index is 0.00884. The Morgan fingerprint density at radius 3 is 2.23 bits per heavy atom. The van der Waals surface area contributed by atoms with Gasteiger partial charge in [0, 0.05) is 11.8 Å². The first-order valence-electron chi connectivity index (χ1n) is 7.17. The van der Waals surface area contributed by atoms with Crippen LogP contribution in [0.4, 0.5) is 5.82 Å². The van der Waals surface area contributed by atoms with Gasteiger partial charge in [-0.05, 0) is 29.5 Å². The van der Waals surface area contributed by atoms with E-state index in [1.807, 2.05) is 25.1 Å². The number of pyridine rings is 1. The molecule has 2 rings (SSSR count). The number of Topliss-reactive ketones (excluding diaryl/α,β-unsaturated/α-hetero) is 1. The van der Waals surface area contributed by atoms with Crippen LogP contribution < -0.4 is 5.32 Å². The van der Waals surface area contributed by atoms with Crippen molar-refractivity contribution in [3.63, 3.8) is 0 Å². The molecular weight excluding hydrogens is 276 g/mol. The number of rotatable bonds is 3. The van der Waals surface area contributed by atoms with Crippen molar-refractivity contribution in [3.05, 3.63) is 59.3 Å².